The summed E-state index contributed by atoms with van der Waals surface area (Å²) in [5.74, 6) is 0. The van der Waals surface area contributed by atoms with Crippen molar-refractivity contribution in [3.05, 3.63) is 34.2 Å². The van der Waals surface area contributed by atoms with Crippen molar-refractivity contribution in [1.29, 1.82) is 0 Å². The lowest BCUT2D eigenvalue weighted by Crippen LogP contribution is -2.05. The topological polar surface area (TPSA) is 0 Å². The zero-order chi connectivity index (χ0) is 10.3. The lowest BCUT2D eigenvalue weighted by molar-refractivity contribution is -0.137. The third-order valence-corrected chi connectivity index (χ3v) is 2.92. The molecule has 0 aliphatic heterocycles. The molecule has 1 radical (unpaired) electrons. The molecule has 5 heteroatoms. The second-order valence-electron chi connectivity index (χ2n) is 2.71. The third-order valence-electron chi connectivity index (χ3n) is 1.77. The zero-order valence-electron chi connectivity index (χ0n) is 6.65. The summed E-state index contributed by atoms with van der Waals surface area (Å²) in [6.07, 6.45) is -4.40. The van der Waals surface area contributed by atoms with Gasteiger partial charge in [0.1, 0.15) is 0 Å². The molecule has 0 nitrogen and oxygen atoms in total. The average molecular weight is 236 g/mol. The van der Waals surface area contributed by atoms with Crippen molar-refractivity contribution in [2.24, 2.45) is 0 Å². The maximum absolute atomic E-state index is 12.4. The summed E-state index contributed by atoms with van der Waals surface area (Å²) in [7, 11) is 0. The van der Waals surface area contributed by atoms with E-state index in [0.717, 1.165) is 6.07 Å². The third kappa shape index (κ3) is 1.60. The molecule has 2 rings (SSSR count). The Morgan fingerprint density at radius 1 is 1.29 bits per heavy atom. The van der Waals surface area contributed by atoms with Gasteiger partial charge in [0.25, 0.3) is 0 Å². The first-order valence-electron chi connectivity index (χ1n) is 3.64. The maximum Gasteiger partial charge on any atom is 0.417 e. The molecule has 0 atom stereocenters. The van der Waals surface area contributed by atoms with Crippen LogP contribution in [0, 0.1) is 6.07 Å². The van der Waals surface area contributed by atoms with Crippen LogP contribution in [0.3, 0.4) is 0 Å². The summed E-state index contributed by atoms with van der Waals surface area (Å²) in [5, 5.41) is 1.80. The normalized spacial score (nSPS) is 12.3. The number of benzene rings is 1. The van der Waals surface area contributed by atoms with Gasteiger partial charge in [0.15, 0.2) is 0 Å². The Bertz CT molecular complexity index is 472. The Kier molecular flexibility index (Phi) is 2.20. The second-order valence-corrected chi connectivity index (χ2v) is 4.02. The SMILES string of the molecule is FC(F)(F)c1cc2[c]csc2cc1Cl. The van der Waals surface area contributed by atoms with Gasteiger partial charge in [-0.05, 0) is 17.5 Å². The highest BCUT2D eigenvalue weighted by Crippen LogP contribution is 2.37. The van der Waals surface area contributed by atoms with Crippen LogP contribution in [0.4, 0.5) is 13.2 Å². The molecule has 0 spiro atoms. The first-order chi connectivity index (χ1) is 6.48. The van der Waals surface area contributed by atoms with Crippen molar-refractivity contribution in [2.75, 3.05) is 0 Å². The minimum Gasteiger partial charge on any atom is -0.166 e. The quantitative estimate of drug-likeness (QED) is 0.636. The van der Waals surface area contributed by atoms with Gasteiger partial charge in [-0.15, -0.1) is 11.3 Å². The van der Waals surface area contributed by atoms with Crippen molar-refractivity contribution < 1.29 is 13.2 Å². The number of halogens is 4. The summed E-state index contributed by atoms with van der Waals surface area (Å²) in [5.41, 5.74) is -0.804. The van der Waals surface area contributed by atoms with Crippen LogP contribution in [0.15, 0.2) is 17.5 Å². The fourth-order valence-electron chi connectivity index (χ4n) is 1.14. The summed E-state index contributed by atoms with van der Waals surface area (Å²) in [6, 6.07) is 5.06. The number of hydrogen-bond donors (Lipinski definition) is 0. The Balaban J connectivity index is 2.71. The zero-order valence-corrected chi connectivity index (χ0v) is 8.22. The van der Waals surface area contributed by atoms with E-state index in [-0.39, 0.29) is 5.02 Å². The van der Waals surface area contributed by atoms with Crippen LogP contribution in [0.1, 0.15) is 5.56 Å². The predicted octanol–water partition coefficient (Wildman–Crippen LogP) is 4.37. The second kappa shape index (κ2) is 3.14. The summed E-state index contributed by atoms with van der Waals surface area (Å²) >= 11 is 6.83. The molecule has 0 amide bonds. The Morgan fingerprint density at radius 3 is 2.64 bits per heavy atom. The smallest absolute Gasteiger partial charge is 0.166 e. The summed E-state index contributed by atoms with van der Waals surface area (Å²) < 4.78 is 37.9. The molecule has 1 aromatic heterocycles. The van der Waals surface area contributed by atoms with Crippen molar-refractivity contribution in [1.82, 2.24) is 0 Å². The lowest BCUT2D eigenvalue weighted by Gasteiger charge is -2.08. The minimum atomic E-state index is -4.40. The molecular formula is C9H3ClF3S. The Hall–Kier alpha value is -0.740. The molecule has 0 aliphatic rings. The number of thiophene rings is 1. The van der Waals surface area contributed by atoms with E-state index >= 15 is 0 Å². The van der Waals surface area contributed by atoms with Crippen LogP contribution in [-0.2, 0) is 6.18 Å². The van der Waals surface area contributed by atoms with Gasteiger partial charge in [-0.1, -0.05) is 11.6 Å². The van der Waals surface area contributed by atoms with Crippen LogP contribution in [-0.4, -0.2) is 0 Å². The van der Waals surface area contributed by atoms with Gasteiger partial charge in [-0.3, -0.25) is 0 Å². The van der Waals surface area contributed by atoms with Gasteiger partial charge in [-0.2, -0.15) is 13.2 Å². The highest BCUT2D eigenvalue weighted by atomic mass is 35.5. The fraction of sp³-hybridized carbons (Fsp3) is 0.111. The first-order valence-corrected chi connectivity index (χ1v) is 4.90. The van der Waals surface area contributed by atoms with Gasteiger partial charge in [0, 0.05) is 16.2 Å². The molecule has 73 valence electrons. The van der Waals surface area contributed by atoms with Crippen LogP contribution >= 0.6 is 22.9 Å². The molecule has 1 aromatic carbocycles. The monoisotopic (exact) mass is 235 g/mol. The Labute approximate surface area is 86.9 Å². The molecule has 0 bridgehead atoms. The van der Waals surface area contributed by atoms with Gasteiger partial charge >= 0.3 is 6.18 Å². The number of rotatable bonds is 0. The van der Waals surface area contributed by atoms with E-state index in [1.165, 1.54) is 17.4 Å². The molecule has 0 N–H and O–H groups in total. The molecule has 0 saturated heterocycles. The number of fused-ring (bicyclic) bond motifs is 1. The van der Waals surface area contributed by atoms with Gasteiger partial charge in [-0.25, -0.2) is 0 Å². The van der Waals surface area contributed by atoms with E-state index in [2.05, 4.69) is 6.07 Å². The molecule has 0 saturated carbocycles. The minimum absolute atomic E-state index is 0.263. The van der Waals surface area contributed by atoms with E-state index in [1.54, 1.807) is 5.38 Å². The van der Waals surface area contributed by atoms with Crippen LogP contribution in [0.25, 0.3) is 10.1 Å². The van der Waals surface area contributed by atoms with E-state index in [4.69, 9.17) is 11.6 Å². The molecule has 1 heterocycles. The average Bonchev–Trinajstić information content (AvgIpc) is 2.47. The van der Waals surface area contributed by atoms with Gasteiger partial charge in [0.2, 0.25) is 0 Å². The molecular weight excluding hydrogens is 233 g/mol. The standard InChI is InChI=1S/C9H3ClF3S/c10-7-4-8-5(1-2-14-8)3-6(7)9(11,12)13/h2-4H. The predicted molar refractivity (Wildman–Crippen MR) is 50.7 cm³/mol. The molecule has 14 heavy (non-hydrogen) atoms. The number of hydrogen-bond acceptors (Lipinski definition) is 1. The van der Waals surface area contributed by atoms with E-state index in [1.807, 2.05) is 0 Å². The fourth-order valence-corrected chi connectivity index (χ4v) is 2.22. The summed E-state index contributed by atoms with van der Waals surface area (Å²) in [4.78, 5) is 0. The van der Waals surface area contributed by atoms with Crippen molar-refractivity contribution >= 4 is 33.0 Å². The van der Waals surface area contributed by atoms with Crippen molar-refractivity contribution in [3.63, 3.8) is 0 Å². The Morgan fingerprint density at radius 2 is 2.00 bits per heavy atom. The van der Waals surface area contributed by atoms with Gasteiger partial charge in [0.05, 0.1) is 10.6 Å². The van der Waals surface area contributed by atoms with Crippen molar-refractivity contribution in [2.45, 2.75) is 6.18 Å². The van der Waals surface area contributed by atoms with E-state index in [0.29, 0.717) is 10.1 Å². The van der Waals surface area contributed by atoms with Crippen LogP contribution in [0.2, 0.25) is 5.02 Å². The van der Waals surface area contributed by atoms with Crippen LogP contribution in [0.5, 0.6) is 0 Å². The lowest BCUT2D eigenvalue weighted by atomic mass is 10.1. The van der Waals surface area contributed by atoms with E-state index in [9.17, 15) is 13.2 Å². The molecule has 0 fully saturated rings. The largest absolute Gasteiger partial charge is 0.417 e. The van der Waals surface area contributed by atoms with Gasteiger partial charge < -0.3 is 0 Å². The maximum atomic E-state index is 12.4. The summed E-state index contributed by atoms with van der Waals surface area (Å²) in [6.45, 7) is 0. The highest BCUT2D eigenvalue weighted by Gasteiger charge is 2.33. The molecule has 0 aliphatic carbocycles. The van der Waals surface area contributed by atoms with Crippen LogP contribution < -0.4 is 0 Å². The molecule has 0 unspecified atom stereocenters. The van der Waals surface area contributed by atoms with Crippen molar-refractivity contribution in [3.8, 4) is 0 Å². The van der Waals surface area contributed by atoms with E-state index < -0.39 is 11.7 Å². The first kappa shape index (κ1) is 9.80. The highest BCUT2D eigenvalue weighted by molar-refractivity contribution is 7.17. The molecule has 2 aromatic rings. The number of alkyl halides is 3.